The van der Waals surface area contributed by atoms with Crippen LogP contribution >= 0.6 is 0 Å². The second-order valence-electron chi connectivity index (χ2n) is 8.18. The molecular weight excluding hydrogens is 396 g/mol. The zero-order valence-corrected chi connectivity index (χ0v) is 17.8. The van der Waals surface area contributed by atoms with Crippen molar-refractivity contribution in [2.24, 2.45) is 0 Å². The molecule has 3 aromatic rings. The lowest BCUT2D eigenvalue weighted by molar-refractivity contribution is -0.142. The summed E-state index contributed by atoms with van der Waals surface area (Å²) in [4.78, 5) is 19.5. The molecule has 1 amide bonds. The van der Waals surface area contributed by atoms with Crippen molar-refractivity contribution in [1.82, 2.24) is 19.6 Å². The molecule has 8 nitrogen and oxygen atoms in total. The normalized spacial score (nSPS) is 18.9. The summed E-state index contributed by atoms with van der Waals surface area (Å²) in [6.45, 7) is 6.21. The number of para-hydroxylation sites is 2. The van der Waals surface area contributed by atoms with Crippen LogP contribution in [0.3, 0.4) is 0 Å². The van der Waals surface area contributed by atoms with Crippen molar-refractivity contribution < 1.29 is 18.8 Å². The summed E-state index contributed by atoms with van der Waals surface area (Å²) < 4.78 is 19.1. The highest BCUT2D eigenvalue weighted by molar-refractivity contribution is 5.82. The second-order valence-corrected chi connectivity index (χ2v) is 8.18. The topological polar surface area (TPSA) is 82.6 Å². The molecular formula is C23H26N4O4. The quantitative estimate of drug-likeness (QED) is 0.643. The Kier molecular flexibility index (Phi) is 5.13. The molecule has 162 valence electrons. The Labute approximate surface area is 180 Å². The molecule has 0 bridgehead atoms. The average Bonchev–Trinajstić information content (AvgIpc) is 3.40. The third-order valence-corrected chi connectivity index (χ3v) is 6.21. The number of benzene rings is 1. The maximum atomic E-state index is 13.0. The van der Waals surface area contributed by atoms with E-state index in [1.807, 2.05) is 55.4 Å². The van der Waals surface area contributed by atoms with Crippen molar-refractivity contribution in [2.45, 2.75) is 45.3 Å². The van der Waals surface area contributed by atoms with Crippen LogP contribution in [0.5, 0.6) is 11.5 Å². The Hall–Kier alpha value is -3.29. The van der Waals surface area contributed by atoms with Crippen LogP contribution in [-0.2, 0) is 11.3 Å². The molecule has 2 aliphatic rings. The lowest BCUT2D eigenvalue weighted by Gasteiger charge is -2.35. The number of carbonyl (C=O) groups excluding carboxylic acids is 1. The summed E-state index contributed by atoms with van der Waals surface area (Å²) in [7, 11) is 0. The van der Waals surface area contributed by atoms with Crippen molar-refractivity contribution in [3.8, 4) is 11.5 Å². The molecule has 1 fully saturated rings. The minimum absolute atomic E-state index is 0.00739. The van der Waals surface area contributed by atoms with E-state index >= 15 is 0 Å². The minimum Gasteiger partial charge on any atom is -0.485 e. The molecule has 0 N–H and O–H groups in total. The number of hydrogen-bond donors (Lipinski definition) is 0. The van der Waals surface area contributed by atoms with Gasteiger partial charge in [-0.2, -0.15) is 0 Å². The first-order valence-corrected chi connectivity index (χ1v) is 10.7. The van der Waals surface area contributed by atoms with Gasteiger partial charge in [-0.25, -0.2) is 4.98 Å². The van der Waals surface area contributed by atoms with E-state index in [9.17, 15) is 4.79 Å². The number of nitrogens with zero attached hydrogens (tertiary/aromatic N) is 4. The van der Waals surface area contributed by atoms with E-state index in [0.717, 1.165) is 35.7 Å². The number of fused-ring (bicyclic) bond motifs is 1. The molecule has 8 heteroatoms. The smallest absolute Gasteiger partial charge is 0.267 e. The molecule has 2 aliphatic heterocycles. The fraction of sp³-hybridized carbons (Fsp3) is 0.435. The van der Waals surface area contributed by atoms with Gasteiger partial charge in [0.25, 0.3) is 5.91 Å². The summed E-state index contributed by atoms with van der Waals surface area (Å²) in [6, 6.07) is 7.46. The van der Waals surface area contributed by atoms with Gasteiger partial charge in [0.05, 0.1) is 12.2 Å². The first-order chi connectivity index (χ1) is 15.1. The number of imidazole rings is 1. The molecule has 1 unspecified atom stereocenters. The number of aromatic nitrogens is 3. The standard InChI is InChI=1S/C23H26N4O4/c1-15-18(16(2)31-25-15)13-27-12-9-24-22(27)17-7-10-26(11-8-17)23(28)21-14-29-19-5-3-4-6-20(19)30-21/h3-6,9,12,17,21H,7-8,10-11,13-14H2,1-2H3. The van der Waals surface area contributed by atoms with Crippen LogP contribution < -0.4 is 9.47 Å². The van der Waals surface area contributed by atoms with Gasteiger partial charge in [-0.3, -0.25) is 4.79 Å². The molecule has 0 aliphatic carbocycles. The van der Waals surface area contributed by atoms with E-state index in [0.29, 0.717) is 37.1 Å². The van der Waals surface area contributed by atoms with Crippen LogP contribution in [0.2, 0.25) is 0 Å². The van der Waals surface area contributed by atoms with Gasteiger partial charge in [0.15, 0.2) is 11.5 Å². The molecule has 1 aromatic carbocycles. The SMILES string of the molecule is Cc1noc(C)c1Cn1ccnc1C1CCN(C(=O)C2COc3ccccc3O2)CC1. The number of likely N-dealkylation sites (tertiary alicyclic amines) is 1. The first kappa shape index (κ1) is 19.7. The lowest BCUT2D eigenvalue weighted by Crippen LogP contribution is -2.49. The number of carbonyl (C=O) groups is 1. The summed E-state index contributed by atoms with van der Waals surface area (Å²) in [6.07, 6.45) is 5.00. The van der Waals surface area contributed by atoms with Crippen molar-refractivity contribution in [3.05, 3.63) is 59.5 Å². The zero-order valence-electron chi connectivity index (χ0n) is 17.8. The fourth-order valence-electron chi connectivity index (χ4n) is 4.42. The highest BCUT2D eigenvalue weighted by Gasteiger charge is 2.34. The van der Waals surface area contributed by atoms with Crippen LogP contribution in [0.15, 0.2) is 41.2 Å². The van der Waals surface area contributed by atoms with E-state index in [4.69, 9.17) is 14.0 Å². The van der Waals surface area contributed by atoms with Gasteiger partial charge >= 0.3 is 0 Å². The maximum absolute atomic E-state index is 13.0. The van der Waals surface area contributed by atoms with E-state index in [1.54, 1.807) is 0 Å². The maximum Gasteiger partial charge on any atom is 0.267 e. The zero-order chi connectivity index (χ0) is 21.4. The van der Waals surface area contributed by atoms with E-state index in [1.165, 1.54) is 0 Å². The number of rotatable bonds is 4. The van der Waals surface area contributed by atoms with Crippen LogP contribution in [0.25, 0.3) is 0 Å². The number of amides is 1. The largest absolute Gasteiger partial charge is 0.485 e. The van der Waals surface area contributed by atoms with Gasteiger partial charge in [-0.05, 0) is 38.8 Å². The summed E-state index contributed by atoms with van der Waals surface area (Å²) >= 11 is 0. The number of hydrogen-bond acceptors (Lipinski definition) is 6. The van der Waals surface area contributed by atoms with Gasteiger partial charge in [0.2, 0.25) is 6.10 Å². The summed E-state index contributed by atoms with van der Waals surface area (Å²) in [5.41, 5.74) is 2.01. The first-order valence-electron chi connectivity index (χ1n) is 10.7. The molecule has 5 rings (SSSR count). The Balaban J connectivity index is 1.22. The highest BCUT2D eigenvalue weighted by Crippen LogP contribution is 2.33. The lowest BCUT2D eigenvalue weighted by atomic mass is 9.95. The molecule has 1 saturated heterocycles. The van der Waals surface area contributed by atoms with Crippen molar-refractivity contribution in [2.75, 3.05) is 19.7 Å². The molecule has 1 atom stereocenters. The third-order valence-electron chi connectivity index (χ3n) is 6.21. The number of aryl methyl sites for hydroxylation is 2. The second kappa shape index (κ2) is 8.09. The van der Waals surface area contributed by atoms with Crippen LogP contribution in [0.1, 0.15) is 41.6 Å². The van der Waals surface area contributed by atoms with Crippen LogP contribution in [0.4, 0.5) is 0 Å². The Morgan fingerprint density at radius 2 is 1.94 bits per heavy atom. The fourth-order valence-corrected chi connectivity index (χ4v) is 4.42. The number of piperidine rings is 1. The van der Waals surface area contributed by atoms with E-state index < -0.39 is 6.10 Å². The highest BCUT2D eigenvalue weighted by atomic mass is 16.6. The Morgan fingerprint density at radius 3 is 2.68 bits per heavy atom. The minimum atomic E-state index is -0.590. The Morgan fingerprint density at radius 1 is 1.16 bits per heavy atom. The molecule has 0 spiro atoms. The molecule has 31 heavy (non-hydrogen) atoms. The third kappa shape index (κ3) is 3.78. The van der Waals surface area contributed by atoms with Crippen molar-refractivity contribution in [3.63, 3.8) is 0 Å². The van der Waals surface area contributed by atoms with Gasteiger partial charge in [-0.15, -0.1) is 0 Å². The van der Waals surface area contributed by atoms with E-state index in [2.05, 4.69) is 14.7 Å². The average molecular weight is 422 g/mol. The van der Waals surface area contributed by atoms with Gasteiger partial charge in [0.1, 0.15) is 18.2 Å². The van der Waals surface area contributed by atoms with Gasteiger partial charge in [0, 0.05) is 37.0 Å². The monoisotopic (exact) mass is 422 g/mol. The molecule has 0 saturated carbocycles. The van der Waals surface area contributed by atoms with Crippen LogP contribution in [-0.4, -0.2) is 51.3 Å². The van der Waals surface area contributed by atoms with Crippen molar-refractivity contribution >= 4 is 5.91 Å². The van der Waals surface area contributed by atoms with Crippen molar-refractivity contribution in [1.29, 1.82) is 0 Å². The van der Waals surface area contributed by atoms with Gasteiger partial charge in [-0.1, -0.05) is 17.3 Å². The Bertz CT molecular complexity index is 1060. The molecule has 2 aromatic heterocycles. The van der Waals surface area contributed by atoms with E-state index in [-0.39, 0.29) is 12.5 Å². The van der Waals surface area contributed by atoms with Gasteiger partial charge < -0.3 is 23.5 Å². The molecule has 4 heterocycles. The predicted octanol–water partition coefficient (Wildman–Crippen LogP) is 3.08. The molecule has 0 radical (unpaired) electrons. The van der Waals surface area contributed by atoms with Crippen LogP contribution in [0, 0.1) is 13.8 Å². The number of ether oxygens (including phenoxy) is 2. The summed E-state index contributed by atoms with van der Waals surface area (Å²) in [5.74, 6) is 3.52. The summed E-state index contributed by atoms with van der Waals surface area (Å²) in [5, 5.41) is 4.05. The predicted molar refractivity (Wildman–Crippen MR) is 112 cm³/mol.